The third kappa shape index (κ3) is 1.95. The number of carbonyl (C=O) groups is 1. The number of aryl methyl sites for hydroxylation is 1. The summed E-state index contributed by atoms with van der Waals surface area (Å²) in [6.45, 7) is 3.87. The summed E-state index contributed by atoms with van der Waals surface area (Å²) in [6.07, 6.45) is 0. The van der Waals surface area contributed by atoms with Gasteiger partial charge in [0.15, 0.2) is 0 Å². The summed E-state index contributed by atoms with van der Waals surface area (Å²) in [5.41, 5.74) is 16.3. The highest BCUT2D eigenvalue weighted by molar-refractivity contribution is 6.03. The van der Waals surface area contributed by atoms with Crippen molar-refractivity contribution in [1.82, 2.24) is 0 Å². The number of benzene rings is 2. The molecule has 0 spiro atoms. The molecule has 2 rings (SSSR count). The Morgan fingerprint density at radius 3 is 2.28 bits per heavy atom. The van der Waals surface area contributed by atoms with E-state index in [0.717, 1.165) is 22.3 Å². The first-order valence-corrected chi connectivity index (χ1v) is 5.77. The number of nitrogen functional groups attached to an aromatic ring is 1. The van der Waals surface area contributed by atoms with Crippen molar-refractivity contribution < 1.29 is 4.79 Å². The van der Waals surface area contributed by atoms with Crippen molar-refractivity contribution in [2.45, 2.75) is 13.8 Å². The second-order valence-electron chi connectivity index (χ2n) is 4.38. The average Bonchev–Trinajstić information content (AvgIpc) is 2.36. The standard InChI is InChI=1S/C15H16N2O/c1-9-8-12(15(17)18)13(14(16)10(9)2)11-6-4-3-5-7-11/h3-8H,16H2,1-2H3,(H2,17,18). The SMILES string of the molecule is Cc1cc(C(N)=O)c(-c2ccccc2)c(N)c1C. The summed E-state index contributed by atoms with van der Waals surface area (Å²) >= 11 is 0. The van der Waals surface area contributed by atoms with E-state index in [1.54, 1.807) is 6.07 Å². The number of anilines is 1. The monoisotopic (exact) mass is 240 g/mol. The van der Waals surface area contributed by atoms with Crippen LogP contribution >= 0.6 is 0 Å². The molecular formula is C15H16N2O. The van der Waals surface area contributed by atoms with Crippen LogP contribution in [0.1, 0.15) is 21.5 Å². The number of hydrogen-bond donors (Lipinski definition) is 2. The van der Waals surface area contributed by atoms with Crippen LogP contribution in [0.15, 0.2) is 36.4 Å². The predicted molar refractivity (Wildman–Crippen MR) is 74.3 cm³/mol. The molecule has 0 fully saturated rings. The van der Waals surface area contributed by atoms with E-state index in [1.807, 2.05) is 44.2 Å². The highest BCUT2D eigenvalue weighted by atomic mass is 16.1. The molecule has 4 N–H and O–H groups in total. The largest absolute Gasteiger partial charge is 0.398 e. The van der Waals surface area contributed by atoms with E-state index >= 15 is 0 Å². The highest BCUT2D eigenvalue weighted by Crippen LogP contribution is 2.33. The van der Waals surface area contributed by atoms with Crippen LogP contribution in [0.2, 0.25) is 0 Å². The van der Waals surface area contributed by atoms with Gasteiger partial charge in [-0.25, -0.2) is 0 Å². The molecule has 18 heavy (non-hydrogen) atoms. The molecule has 0 saturated heterocycles. The molecule has 0 bridgehead atoms. The van der Waals surface area contributed by atoms with E-state index in [1.165, 1.54) is 0 Å². The molecule has 0 aliphatic carbocycles. The lowest BCUT2D eigenvalue weighted by Gasteiger charge is -2.15. The Morgan fingerprint density at radius 2 is 1.72 bits per heavy atom. The molecule has 3 nitrogen and oxygen atoms in total. The second-order valence-corrected chi connectivity index (χ2v) is 4.38. The molecular weight excluding hydrogens is 224 g/mol. The lowest BCUT2D eigenvalue weighted by Crippen LogP contribution is -2.14. The minimum absolute atomic E-state index is 0.455. The number of carbonyl (C=O) groups excluding carboxylic acids is 1. The Labute approximate surface area is 106 Å². The summed E-state index contributed by atoms with van der Waals surface area (Å²) in [4.78, 5) is 11.6. The zero-order valence-electron chi connectivity index (χ0n) is 10.5. The maximum absolute atomic E-state index is 11.6. The highest BCUT2D eigenvalue weighted by Gasteiger charge is 2.16. The Morgan fingerprint density at radius 1 is 1.11 bits per heavy atom. The van der Waals surface area contributed by atoms with E-state index in [4.69, 9.17) is 11.5 Å². The molecule has 0 heterocycles. The summed E-state index contributed by atoms with van der Waals surface area (Å²) in [6, 6.07) is 11.4. The number of amides is 1. The molecule has 0 aromatic heterocycles. The van der Waals surface area contributed by atoms with Crippen LogP contribution in [0, 0.1) is 13.8 Å². The predicted octanol–water partition coefficient (Wildman–Crippen LogP) is 2.65. The summed E-state index contributed by atoms with van der Waals surface area (Å²) < 4.78 is 0. The van der Waals surface area contributed by atoms with Crippen LogP contribution < -0.4 is 11.5 Å². The van der Waals surface area contributed by atoms with Gasteiger partial charge in [0.25, 0.3) is 0 Å². The van der Waals surface area contributed by atoms with Gasteiger partial charge in [-0.2, -0.15) is 0 Å². The smallest absolute Gasteiger partial charge is 0.249 e. The van der Waals surface area contributed by atoms with Gasteiger partial charge in [0, 0.05) is 16.8 Å². The van der Waals surface area contributed by atoms with Gasteiger partial charge in [-0.05, 0) is 36.6 Å². The van der Waals surface area contributed by atoms with Gasteiger partial charge in [-0.15, -0.1) is 0 Å². The molecule has 2 aromatic carbocycles. The van der Waals surface area contributed by atoms with Crippen molar-refractivity contribution in [3.63, 3.8) is 0 Å². The van der Waals surface area contributed by atoms with Crippen LogP contribution in [-0.4, -0.2) is 5.91 Å². The van der Waals surface area contributed by atoms with Gasteiger partial charge in [0.05, 0.1) is 0 Å². The molecule has 1 amide bonds. The van der Waals surface area contributed by atoms with Gasteiger partial charge in [0.1, 0.15) is 0 Å². The fourth-order valence-electron chi connectivity index (χ4n) is 2.05. The van der Waals surface area contributed by atoms with Gasteiger partial charge in [0.2, 0.25) is 5.91 Å². The van der Waals surface area contributed by atoms with E-state index in [0.29, 0.717) is 11.3 Å². The van der Waals surface area contributed by atoms with Crippen LogP contribution in [0.4, 0.5) is 5.69 Å². The van der Waals surface area contributed by atoms with Crippen LogP contribution in [0.25, 0.3) is 11.1 Å². The van der Waals surface area contributed by atoms with Crippen molar-refractivity contribution in [3.05, 3.63) is 53.1 Å². The summed E-state index contributed by atoms with van der Waals surface area (Å²) in [5, 5.41) is 0. The Balaban J connectivity index is 2.80. The molecule has 0 aliphatic heterocycles. The Hall–Kier alpha value is -2.29. The number of nitrogens with two attached hydrogens (primary N) is 2. The normalized spacial score (nSPS) is 10.3. The summed E-state index contributed by atoms with van der Waals surface area (Å²) in [5.74, 6) is -0.455. The van der Waals surface area contributed by atoms with Crippen molar-refractivity contribution in [2.75, 3.05) is 5.73 Å². The van der Waals surface area contributed by atoms with Crippen LogP contribution in [0.5, 0.6) is 0 Å². The molecule has 92 valence electrons. The zero-order chi connectivity index (χ0) is 13.3. The lowest BCUT2D eigenvalue weighted by atomic mass is 9.92. The molecule has 0 saturated carbocycles. The van der Waals surface area contributed by atoms with Crippen molar-refractivity contribution in [3.8, 4) is 11.1 Å². The van der Waals surface area contributed by atoms with Gasteiger partial charge in [-0.3, -0.25) is 4.79 Å². The maximum atomic E-state index is 11.6. The second kappa shape index (κ2) is 4.53. The molecule has 0 aliphatic rings. The third-order valence-corrected chi connectivity index (χ3v) is 3.22. The molecule has 0 atom stereocenters. The molecule has 0 radical (unpaired) electrons. The van der Waals surface area contributed by atoms with Crippen molar-refractivity contribution >= 4 is 11.6 Å². The van der Waals surface area contributed by atoms with Crippen LogP contribution in [-0.2, 0) is 0 Å². The number of primary amides is 1. The zero-order valence-corrected chi connectivity index (χ0v) is 10.5. The van der Waals surface area contributed by atoms with Gasteiger partial charge in [-0.1, -0.05) is 30.3 Å². The molecule has 2 aromatic rings. The molecule has 0 unspecified atom stereocenters. The molecule has 3 heteroatoms. The lowest BCUT2D eigenvalue weighted by molar-refractivity contribution is 0.100. The van der Waals surface area contributed by atoms with Crippen molar-refractivity contribution in [1.29, 1.82) is 0 Å². The fourth-order valence-corrected chi connectivity index (χ4v) is 2.05. The van der Waals surface area contributed by atoms with E-state index < -0.39 is 5.91 Å². The fraction of sp³-hybridized carbons (Fsp3) is 0.133. The van der Waals surface area contributed by atoms with E-state index in [-0.39, 0.29) is 0 Å². The Kier molecular flexibility index (Phi) is 3.06. The average molecular weight is 240 g/mol. The van der Waals surface area contributed by atoms with Crippen molar-refractivity contribution in [2.24, 2.45) is 5.73 Å². The summed E-state index contributed by atoms with van der Waals surface area (Å²) in [7, 11) is 0. The minimum Gasteiger partial charge on any atom is -0.398 e. The topological polar surface area (TPSA) is 69.1 Å². The Bertz CT molecular complexity index is 604. The quantitative estimate of drug-likeness (QED) is 0.792. The van der Waals surface area contributed by atoms with Gasteiger partial charge < -0.3 is 11.5 Å². The van der Waals surface area contributed by atoms with E-state index in [2.05, 4.69) is 0 Å². The maximum Gasteiger partial charge on any atom is 0.249 e. The number of rotatable bonds is 2. The number of hydrogen-bond acceptors (Lipinski definition) is 2. The first-order valence-electron chi connectivity index (χ1n) is 5.77. The van der Waals surface area contributed by atoms with E-state index in [9.17, 15) is 4.79 Å². The minimum atomic E-state index is -0.455. The third-order valence-electron chi connectivity index (χ3n) is 3.22. The van der Waals surface area contributed by atoms with Gasteiger partial charge >= 0.3 is 0 Å². The van der Waals surface area contributed by atoms with Crippen LogP contribution in [0.3, 0.4) is 0 Å². The first kappa shape index (κ1) is 12.2. The first-order chi connectivity index (χ1) is 8.52.